The van der Waals surface area contributed by atoms with Crippen molar-refractivity contribution in [2.24, 2.45) is 0 Å². The first-order chi connectivity index (χ1) is 8.25. The Morgan fingerprint density at radius 2 is 2.29 bits per heavy atom. The van der Waals surface area contributed by atoms with E-state index in [1.807, 2.05) is 18.3 Å². The van der Waals surface area contributed by atoms with Gasteiger partial charge < -0.3 is 14.6 Å². The molecule has 0 aliphatic carbocycles. The zero-order chi connectivity index (χ0) is 11.8. The first-order valence-corrected chi connectivity index (χ1v) is 6.08. The topological polar surface area (TPSA) is 41.3 Å². The van der Waals surface area contributed by atoms with Gasteiger partial charge in [-0.1, -0.05) is 0 Å². The number of nitrogens with one attached hydrogen (secondary N) is 1. The fourth-order valence-electron chi connectivity index (χ4n) is 2.43. The molecular weight excluding hydrogens is 214 g/mol. The van der Waals surface area contributed by atoms with Gasteiger partial charge in [0.15, 0.2) is 0 Å². The van der Waals surface area contributed by atoms with Gasteiger partial charge in [0.2, 0.25) is 0 Å². The third-order valence-corrected chi connectivity index (χ3v) is 3.40. The van der Waals surface area contributed by atoms with Crippen molar-refractivity contribution in [3.8, 4) is 0 Å². The Balaban J connectivity index is 2.04. The van der Waals surface area contributed by atoms with Crippen LogP contribution in [-0.2, 0) is 0 Å². The van der Waals surface area contributed by atoms with E-state index >= 15 is 0 Å². The Labute approximate surface area is 101 Å². The second-order valence-corrected chi connectivity index (χ2v) is 4.78. The molecule has 1 aliphatic rings. The molecule has 2 atom stereocenters. The van der Waals surface area contributed by atoms with E-state index < -0.39 is 0 Å². The van der Waals surface area contributed by atoms with Crippen molar-refractivity contribution in [2.75, 3.05) is 18.0 Å². The van der Waals surface area contributed by atoms with Crippen LogP contribution in [-0.4, -0.2) is 30.2 Å². The lowest BCUT2D eigenvalue weighted by atomic mass is 10.1. The second-order valence-electron chi connectivity index (χ2n) is 4.78. The number of furan rings is 1. The highest BCUT2D eigenvalue weighted by Crippen LogP contribution is 2.27. The van der Waals surface area contributed by atoms with Gasteiger partial charge in [-0.15, -0.1) is 0 Å². The van der Waals surface area contributed by atoms with Crippen LogP contribution in [0.3, 0.4) is 0 Å². The third kappa shape index (κ3) is 1.78. The highest BCUT2D eigenvalue weighted by molar-refractivity contribution is 5.88. The number of nitrogens with zero attached hydrogens (tertiary/aromatic N) is 2. The van der Waals surface area contributed by atoms with Crippen LogP contribution in [0.25, 0.3) is 11.0 Å². The fourth-order valence-corrected chi connectivity index (χ4v) is 2.43. The van der Waals surface area contributed by atoms with Crippen LogP contribution in [0.15, 0.2) is 29.0 Å². The smallest absolute Gasteiger partial charge is 0.140 e. The third-order valence-electron chi connectivity index (χ3n) is 3.40. The van der Waals surface area contributed by atoms with Crippen molar-refractivity contribution < 1.29 is 4.42 Å². The summed E-state index contributed by atoms with van der Waals surface area (Å²) in [4.78, 5) is 6.89. The molecule has 0 radical (unpaired) electrons. The van der Waals surface area contributed by atoms with Crippen LogP contribution < -0.4 is 10.2 Å². The number of fused-ring (bicyclic) bond motifs is 1. The van der Waals surface area contributed by atoms with Gasteiger partial charge in [-0.3, -0.25) is 0 Å². The molecule has 0 aromatic carbocycles. The van der Waals surface area contributed by atoms with E-state index in [2.05, 4.69) is 29.0 Å². The average molecular weight is 231 g/mol. The van der Waals surface area contributed by atoms with Crippen molar-refractivity contribution in [1.29, 1.82) is 0 Å². The number of aromatic nitrogens is 1. The SMILES string of the molecule is CC1CN(c2nccc3occc23)C(C)CN1. The Bertz CT molecular complexity index is 522. The zero-order valence-electron chi connectivity index (χ0n) is 10.2. The minimum Gasteiger partial charge on any atom is -0.464 e. The summed E-state index contributed by atoms with van der Waals surface area (Å²) in [5.41, 5.74) is 0.911. The zero-order valence-corrected chi connectivity index (χ0v) is 10.2. The van der Waals surface area contributed by atoms with E-state index in [9.17, 15) is 0 Å². The van der Waals surface area contributed by atoms with Gasteiger partial charge in [0.25, 0.3) is 0 Å². The Morgan fingerprint density at radius 3 is 3.18 bits per heavy atom. The summed E-state index contributed by atoms with van der Waals surface area (Å²) in [5, 5.41) is 4.59. The number of anilines is 1. The van der Waals surface area contributed by atoms with Crippen LogP contribution >= 0.6 is 0 Å². The van der Waals surface area contributed by atoms with Gasteiger partial charge in [-0.25, -0.2) is 4.98 Å². The van der Waals surface area contributed by atoms with Gasteiger partial charge in [0.1, 0.15) is 11.4 Å². The predicted molar refractivity (Wildman–Crippen MR) is 68.3 cm³/mol. The maximum absolute atomic E-state index is 5.43. The molecule has 0 saturated carbocycles. The molecule has 2 unspecified atom stereocenters. The maximum atomic E-state index is 5.43. The first kappa shape index (κ1) is 10.6. The van der Waals surface area contributed by atoms with Crippen LogP contribution in [0.4, 0.5) is 5.82 Å². The molecule has 4 nitrogen and oxygen atoms in total. The monoisotopic (exact) mass is 231 g/mol. The van der Waals surface area contributed by atoms with Crippen LogP contribution in [0.5, 0.6) is 0 Å². The molecule has 17 heavy (non-hydrogen) atoms. The number of rotatable bonds is 1. The average Bonchev–Trinajstić information content (AvgIpc) is 2.80. The molecule has 0 spiro atoms. The lowest BCUT2D eigenvalue weighted by Crippen LogP contribution is -2.54. The summed E-state index contributed by atoms with van der Waals surface area (Å²) in [6, 6.07) is 4.86. The molecule has 0 amide bonds. The Hall–Kier alpha value is -1.55. The predicted octanol–water partition coefficient (Wildman–Crippen LogP) is 2.01. The molecule has 2 aromatic rings. The summed E-state index contributed by atoms with van der Waals surface area (Å²) in [6.45, 7) is 6.41. The molecule has 1 N–H and O–H groups in total. The minimum atomic E-state index is 0.458. The minimum absolute atomic E-state index is 0.458. The summed E-state index contributed by atoms with van der Waals surface area (Å²) in [6.07, 6.45) is 3.55. The van der Waals surface area contributed by atoms with Crippen LogP contribution in [0, 0.1) is 0 Å². The van der Waals surface area contributed by atoms with E-state index in [1.54, 1.807) is 6.26 Å². The highest BCUT2D eigenvalue weighted by Gasteiger charge is 2.25. The van der Waals surface area contributed by atoms with Gasteiger partial charge in [-0.2, -0.15) is 0 Å². The number of piperazine rings is 1. The summed E-state index contributed by atoms with van der Waals surface area (Å²) >= 11 is 0. The quantitative estimate of drug-likeness (QED) is 0.815. The number of hydrogen-bond donors (Lipinski definition) is 1. The standard InChI is InChI=1S/C13H17N3O/c1-9-8-16(10(2)7-15-9)13-11-4-6-17-12(11)3-5-14-13/h3-6,9-10,15H,7-8H2,1-2H3. The van der Waals surface area contributed by atoms with Crippen molar-refractivity contribution in [1.82, 2.24) is 10.3 Å². The first-order valence-electron chi connectivity index (χ1n) is 6.08. The maximum Gasteiger partial charge on any atom is 0.140 e. The van der Waals surface area contributed by atoms with Crippen LogP contribution in [0.1, 0.15) is 13.8 Å². The van der Waals surface area contributed by atoms with Gasteiger partial charge in [0, 0.05) is 31.4 Å². The van der Waals surface area contributed by atoms with E-state index in [0.717, 1.165) is 29.9 Å². The van der Waals surface area contributed by atoms with Crippen molar-refractivity contribution in [3.63, 3.8) is 0 Å². The number of hydrogen-bond acceptors (Lipinski definition) is 4. The fraction of sp³-hybridized carbons (Fsp3) is 0.462. The van der Waals surface area contributed by atoms with Crippen molar-refractivity contribution in [3.05, 3.63) is 24.6 Å². The molecule has 90 valence electrons. The second kappa shape index (κ2) is 4.04. The van der Waals surface area contributed by atoms with E-state index in [4.69, 9.17) is 4.42 Å². The van der Waals surface area contributed by atoms with E-state index in [-0.39, 0.29) is 0 Å². The van der Waals surface area contributed by atoms with Crippen LogP contribution in [0.2, 0.25) is 0 Å². The summed E-state index contributed by atoms with van der Waals surface area (Å²) < 4.78 is 5.43. The molecule has 1 fully saturated rings. The molecule has 1 aliphatic heterocycles. The largest absolute Gasteiger partial charge is 0.464 e. The van der Waals surface area contributed by atoms with Gasteiger partial charge >= 0.3 is 0 Å². The molecule has 3 heterocycles. The summed E-state index contributed by atoms with van der Waals surface area (Å²) in [7, 11) is 0. The number of pyridine rings is 1. The lowest BCUT2D eigenvalue weighted by molar-refractivity contribution is 0.423. The Morgan fingerprint density at radius 1 is 1.41 bits per heavy atom. The van der Waals surface area contributed by atoms with Gasteiger partial charge in [-0.05, 0) is 26.0 Å². The normalized spacial score (nSPS) is 25.4. The van der Waals surface area contributed by atoms with Gasteiger partial charge in [0.05, 0.1) is 11.6 Å². The van der Waals surface area contributed by atoms with Crippen molar-refractivity contribution >= 4 is 16.8 Å². The molecule has 4 heteroatoms. The van der Waals surface area contributed by atoms with E-state index in [1.165, 1.54) is 0 Å². The molecule has 3 rings (SSSR count). The molecule has 2 aromatic heterocycles. The molecule has 1 saturated heterocycles. The molecular formula is C13H17N3O. The Kier molecular flexibility index (Phi) is 2.52. The summed E-state index contributed by atoms with van der Waals surface area (Å²) in [5.74, 6) is 1.04. The molecule has 0 bridgehead atoms. The highest BCUT2D eigenvalue weighted by atomic mass is 16.3. The van der Waals surface area contributed by atoms with Crippen molar-refractivity contribution in [2.45, 2.75) is 25.9 Å². The lowest BCUT2D eigenvalue weighted by Gasteiger charge is -2.38. The van der Waals surface area contributed by atoms with E-state index in [0.29, 0.717) is 12.1 Å².